The number of hydrogen-bond donors (Lipinski definition) is 0. The fourth-order valence-corrected chi connectivity index (χ4v) is 5.87. The van der Waals surface area contributed by atoms with E-state index in [1.807, 2.05) is 32.0 Å². The Balaban J connectivity index is 1.81. The van der Waals surface area contributed by atoms with Crippen LogP contribution < -0.4 is 0 Å². The third kappa shape index (κ3) is 7.29. The smallest absolute Gasteiger partial charge is 0.307 e. The van der Waals surface area contributed by atoms with Gasteiger partial charge in [0.25, 0.3) is 5.91 Å². The summed E-state index contributed by atoms with van der Waals surface area (Å²) in [5.41, 5.74) is 0. The molecule has 0 radical (unpaired) electrons. The summed E-state index contributed by atoms with van der Waals surface area (Å²) >= 11 is 7.52. The Morgan fingerprint density at radius 2 is 2.04 bits per heavy atom. The maximum atomic E-state index is 12.6. The van der Waals surface area contributed by atoms with Gasteiger partial charge in [0.1, 0.15) is 0 Å². The molecule has 1 fully saturated rings. The second kappa shape index (κ2) is 10.5. The lowest BCUT2D eigenvalue weighted by Crippen LogP contribution is -2.45. The van der Waals surface area contributed by atoms with Crippen molar-refractivity contribution in [1.29, 1.82) is 0 Å². The van der Waals surface area contributed by atoms with Gasteiger partial charge in [0, 0.05) is 23.2 Å². The fourth-order valence-electron chi connectivity index (χ4n) is 2.97. The highest BCUT2D eigenvalue weighted by Crippen LogP contribution is 2.27. The summed E-state index contributed by atoms with van der Waals surface area (Å²) in [7, 11) is -3.10. The standard InChI is InChI=1S/C19H26ClNO5S2/c1-14(2)11-21(15-8-10-28(24,25)13-15)18(22)12-26-19(23)7-9-27-17-6-4-3-5-16(17)20/h3-6,14-15H,7-13H2,1-2H3. The number of carbonyl (C=O) groups excluding carboxylic acids is 2. The van der Waals surface area contributed by atoms with Gasteiger partial charge in [-0.3, -0.25) is 9.59 Å². The van der Waals surface area contributed by atoms with Crippen LogP contribution in [0.25, 0.3) is 0 Å². The Morgan fingerprint density at radius 1 is 1.32 bits per heavy atom. The number of esters is 1. The Kier molecular flexibility index (Phi) is 8.64. The minimum atomic E-state index is -3.10. The van der Waals surface area contributed by atoms with Crippen molar-refractivity contribution >= 4 is 45.1 Å². The summed E-state index contributed by atoms with van der Waals surface area (Å²) in [4.78, 5) is 27.0. The topological polar surface area (TPSA) is 80.8 Å². The van der Waals surface area contributed by atoms with Crippen molar-refractivity contribution in [1.82, 2.24) is 4.90 Å². The third-order valence-corrected chi connectivity index (χ3v) is 7.56. The van der Waals surface area contributed by atoms with Crippen LogP contribution in [-0.2, 0) is 24.2 Å². The lowest BCUT2D eigenvalue weighted by molar-refractivity contribution is -0.152. The molecule has 1 atom stereocenters. The summed E-state index contributed by atoms with van der Waals surface area (Å²) in [5, 5.41) is 0.631. The zero-order valence-corrected chi connectivity index (χ0v) is 18.5. The number of benzene rings is 1. The summed E-state index contributed by atoms with van der Waals surface area (Å²) in [6.45, 7) is 4.00. The monoisotopic (exact) mass is 447 g/mol. The lowest BCUT2D eigenvalue weighted by atomic mass is 10.1. The normalized spacial score (nSPS) is 18.2. The number of ether oxygens (including phenoxy) is 1. The molecular weight excluding hydrogens is 422 g/mol. The third-order valence-electron chi connectivity index (χ3n) is 4.29. The number of hydrogen-bond acceptors (Lipinski definition) is 6. The van der Waals surface area contributed by atoms with E-state index in [4.69, 9.17) is 16.3 Å². The second-order valence-electron chi connectivity index (χ2n) is 7.19. The number of halogens is 1. The lowest BCUT2D eigenvalue weighted by Gasteiger charge is -2.29. The number of thioether (sulfide) groups is 1. The number of rotatable bonds is 9. The minimum Gasteiger partial charge on any atom is -0.456 e. The molecule has 0 spiro atoms. The summed E-state index contributed by atoms with van der Waals surface area (Å²) in [6, 6.07) is 7.03. The van der Waals surface area contributed by atoms with Gasteiger partial charge in [-0.2, -0.15) is 0 Å². The Morgan fingerprint density at radius 3 is 2.64 bits per heavy atom. The van der Waals surface area contributed by atoms with Gasteiger partial charge in [-0.15, -0.1) is 11.8 Å². The molecule has 1 aromatic carbocycles. The van der Waals surface area contributed by atoms with E-state index in [2.05, 4.69) is 0 Å². The van der Waals surface area contributed by atoms with Crippen LogP contribution in [0.1, 0.15) is 26.7 Å². The van der Waals surface area contributed by atoms with E-state index in [0.717, 1.165) is 4.90 Å². The van der Waals surface area contributed by atoms with Crippen LogP contribution in [0.3, 0.4) is 0 Å². The molecule has 1 unspecified atom stereocenters. The Labute approximate surface area is 175 Å². The highest BCUT2D eigenvalue weighted by molar-refractivity contribution is 7.99. The minimum absolute atomic E-state index is 0.0200. The predicted molar refractivity (Wildman–Crippen MR) is 111 cm³/mol. The molecule has 1 aliphatic heterocycles. The van der Waals surface area contributed by atoms with E-state index in [1.165, 1.54) is 11.8 Å². The molecule has 156 valence electrons. The molecule has 0 aliphatic carbocycles. The molecule has 2 rings (SSSR count). The predicted octanol–water partition coefficient (Wildman–Crippen LogP) is 3.04. The fraction of sp³-hybridized carbons (Fsp3) is 0.579. The molecular formula is C19H26ClNO5S2. The average molecular weight is 448 g/mol. The maximum absolute atomic E-state index is 12.6. The van der Waals surface area contributed by atoms with Crippen LogP contribution in [0.15, 0.2) is 29.2 Å². The van der Waals surface area contributed by atoms with Gasteiger partial charge in [0.2, 0.25) is 0 Å². The van der Waals surface area contributed by atoms with Crippen molar-refractivity contribution in [3.05, 3.63) is 29.3 Å². The number of carbonyl (C=O) groups is 2. The van der Waals surface area contributed by atoms with E-state index in [-0.39, 0.29) is 42.4 Å². The molecule has 9 heteroatoms. The van der Waals surface area contributed by atoms with Gasteiger partial charge in [-0.25, -0.2) is 8.42 Å². The van der Waals surface area contributed by atoms with E-state index in [0.29, 0.717) is 23.7 Å². The molecule has 0 bridgehead atoms. The molecule has 0 aromatic heterocycles. The first-order chi connectivity index (χ1) is 13.2. The first kappa shape index (κ1) is 23.0. The largest absolute Gasteiger partial charge is 0.456 e. The molecule has 1 aromatic rings. The van der Waals surface area contributed by atoms with Crippen LogP contribution in [0.4, 0.5) is 0 Å². The van der Waals surface area contributed by atoms with Crippen LogP contribution in [0.5, 0.6) is 0 Å². The zero-order valence-electron chi connectivity index (χ0n) is 16.1. The molecule has 1 heterocycles. The van der Waals surface area contributed by atoms with Crippen molar-refractivity contribution in [2.24, 2.45) is 5.92 Å². The molecule has 0 saturated carbocycles. The van der Waals surface area contributed by atoms with Gasteiger partial charge in [0.15, 0.2) is 16.4 Å². The highest BCUT2D eigenvalue weighted by atomic mass is 35.5. The Hall–Kier alpha value is -1.25. The second-order valence-corrected chi connectivity index (χ2v) is 11.0. The van der Waals surface area contributed by atoms with Crippen LogP contribution in [0, 0.1) is 5.92 Å². The van der Waals surface area contributed by atoms with Crippen LogP contribution >= 0.6 is 23.4 Å². The van der Waals surface area contributed by atoms with E-state index in [9.17, 15) is 18.0 Å². The molecule has 6 nitrogen and oxygen atoms in total. The average Bonchev–Trinajstić information content (AvgIpc) is 2.98. The molecule has 1 amide bonds. The summed E-state index contributed by atoms with van der Waals surface area (Å²) in [5.74, 6) is -0.0471. The van der Waals surface area contributed by atoms with Gasteiger partial charge in [-0.05, 0) is 24.5 Å². The molecule has 1 aliphatic rings. The van der Waals surface area contributed by atoms with Crippen LogP contribution in [-0.4, -0.2) is 61.6 Å². The number of amides is 1. The van der Waals surface area contributed by atoms with Gasteiger partial charge >= 0.3 is 5.97 Å². The SMILES string of the molecule is CC(C)CN(C(=O)COC(=O)CCSc1ccccc1Cl)C1CCS(=O)(=O)C1. The Bertz CT molecular complexity index is 797. The molecule has 0 N–H and O–H groups in total. The highest BCUT2D eigenvalue weighted by Gasteiger charge is 2.35. The van der Waals surface area contributed by atoms with Crippen molar-refractivity contribution in [3.8, 4) is 0 Å². The van der Waals surface area contributed by atoms with Crippen molar-refractivity contribution < 1.29 is 22.7 Å². The van der Waals surface area contributed by atoms with Crippen molar-refractivity contribution in [3.63, 3.8) is 0 Å². The van der Waals surface area contributed by atoms with Crippen LogP contribution in [0.2, 0.25) is 5.02 Å². The number of nitrogens with zero attached hydrogens (tertiary/aromatic N) is 1. The van der Waals surface area contributed by atoms with Crippen molar-refractivity contribution in [2.45, 2.75) is 37.6 Å². The van der Waals surface area contributed by atoms with Crippen molar-refractivity contribution in [2.75, 3.05) is 30.4 Å². The maximum Gasteiger partial charge on any atom is 0.307 e. The van der Waals surface area contributed by atoms with E-state index >= 15 is 0 Å². The van der Waals surface area contributed by atoms with Gasteiger partial charge in [-0.1, -0.05) is 37.6 Å². The van der Waals surface area contributed by atoms with Gasteiger partial charge in [0.05, 0.1) is 22.9 Å². The summed E-state index contributed by atoms with van der Waals surface area (Å²) < 4.78 is 28.6. The first-order valence-electron chi connectivity index (χ1n) is 9.21. The first-order valence-corrected chi connectivity index (χ1v) is 12.4. The molecule has 28 heavy (non-hydrogen) atoms. The summed E-state index contributed by atoms with van der Waals surface area (Å²) in [6.07, 6.45) is 0.592. The van der Waals surface area contributed by atoms with Gasteiger partial charge < -0.3 is 9.64 Å². The zero-order chi connectivity index (χ0) is 20.7. The van der Waals surface area contributed by atoms with E-state index < -0.39 is 15.8 Å². The quantitative estimate of drug-likeness (QED) is 0.427. The molecule has 1 saturated heterocycles. The van der Waals surface area contributed by atoms with E-state index in [1.54, 1.807) is 11.0 Å². The number of sulfone groups is 1.